The third-order valence-corrected chi connectivity index (χ3v) is 3.05. The second-order valence-corrected chi connectivity index (χ2v) is 4.82. The highest BCUT2D eigenvalue weighted by Gasteiger charge is 2.18. The van der Waals surface area contributed by atoms with Crippen LogP contribution >= 0.6 is 0 Å². The Balaban J connectivity index is 1.89. The predicted octanol–water partition coefficient (Wildman–Crippen LogP) is 1.23. The van der Waals surface area contributed by atoms with Gasteiger partial charge in [0.1, 0.15) is 13.2 Å². The molecule has 118 valence electrons. The zero-order chi connectivity index (χ0) is 15.9. The Labute approximate surface area is 129 Å². The third-order valence-electron chi connectivity index (χ3n) is 3.05. The minimum absolute atomic E-state index is 0.0652. The summed E-state index contributed by atoms with van der Waals surface area (Å²) in [4.78, 5) is 23.5. The fraction of sp³-hybridized carbons (Fsp3) is 0.375. The van der Waals surface area contributed by atoms with Gasteiger partial charge in [-0.05, 0) is 24.6 Å². The summed E-state index contributed by atoms with van der Waals surface area (Å²) in [5.74, 6) is 0.460. The van der Waals surface area contributed by atoms with Crippen LogP contribution in [0.4, 0.5) is 0 Å². The van der Waals surface area contributed by atoms with Crippen molar-refractivity contribution in [1.29, 1.82) is 0 Å². The van der Waals surface area contributed by atoms with Crippen molar-refractivity contribution in [1.82, 2.24) is 5.32 Å². The van der Waals surface area contributed by atoms with Crippen molar-refractivity contribution in [2.24, 2.45) is 0 Å². The van der Waals surface area contributed by atoms with E-state index in [9.17, 15) is 9.59 Å². The standard InChI is InChI=1S/C16H19NO5/c1-3-6-17-16(19)11(2)22-15(18)10-12-4-5-13-14(9-12)21-8-7-20-13/h3-5,9,11H,1,6-8,10H2,2H3,(H,17,19)/t11-/m0/s1. The van der Waals surface area contributed by atoms with Gasteiger partial charge in [0.15, 0.2) is 17.6 Å². The van der Waals surface area contributed by atoms with Gasteiger partial charge >= 0.3 is 5.97 Å². The van der Waals surface area contributed by atoms with Gasteiger partial charge in [0.2, 0.25) is 0 Å². The topological polar surface area (TPSA) is 73.9 Å². The summed E-state index contributed by atoms with van der Waals surface area (Å²) < 4.78 is 16.0. The van der Waals surface area contributed by atoms with Crippen LogP contribution in [-0.2, 0) is 20.7 Å². The number of nitrogens with one attached hydrogen (secondary N) is 1. The Bertz CT molecular complexity index is 570. The number of carbonyl (C=O) groups is 2. The Morgan fingerprint density at radius 1 is 1.36 bits per heavy atom. The summed E-state index contributed by atoms with van der Waals surface area (Å²) in [5, 5.41) is 2.57. The van der Waals surface area contributed by atoms with Crippen molar-refractivity contribution < 1.29 is 23.8 Å². The van der Waals surface area contributed by atoms with Gasteiger partial charge in [-0.2, -0.15) is 0 Å². The summed E-state index contributed by atoms with van der Waals surface area (Å²) in [6, 6.07) is 5.28. The first-order valence-corrected chi connectivity index (χ1v) is 7.06. The van der Waals surface area contributed by atoms with Crippen LogP contribution in [0.2, 0.25) is 0 Å². The number of fused-ring (bicyclic) bond motifs is 1. The van der Waals surface area contributed by atoms with Gasteiger partial charge in [-0.3, -0.25) is 9.59 Å². The summed E-state index contributed by atoms with van der Waals surface area (Å²) >= 11 is 0. The normalized spacial score (nSPS) is 13.9. The van der Waals surface area contributed by atoms with Gasteiger partial charge < -0.3 is 19.5 Å². The van der Waals surface area contributed by atoms with Crippen LogP contribution in [-0.4, -0.2) is 37.7 Å². The molecule has 6 nitrogen and oxygen atoms in total. The van der Waals surface area contributed by atoms with Gasteiger partial charge in [0.05, 0.1) is 6.42 Å². The number of hydrogen-bond acceptors (Lipinski definition) is 5. The molecule has 1 atom stereocenters. The zero-order valence-corrected chi connectivity index (χ0v) is 12.5. The molecule has 0 aromatic heterocycles. The molecule has 0 saturated heterocycles. The lowest BCUT2D eigenvalue weighted by Gasteiger charge is -2.19. The number of ether oxygens (including phenoxy) is 3. The highest BCUT2D eigenvalue weighted by atomic mass is 16.6. The molecule has 1 heterocycles. The maximum Gasteiger partial charge on any atom is 0.311 e. The number of carbonyl (C=O) groups excluding carboxylic acids is 2. The smallest absolute Gasteiger partial charge is 0.311 e. The summed E-state index contributed by atoms with van der Waals surface area (Å²) in [6.45, 7) is 6.37. The van der Waals surface area contributed by atoms with E-state index in [1.165, 1.54) is 6.92 Å². The van der Waals surface area contributed by atoms with Gasteiger partial charge in [0.25, 0.3) is 5.91 Å². The summed E-state index contributed by atoms with van der Waals surface area (Å²) in [7, 11) is 0. The van der Waals surface area contributed by atoms with Gasteiger partial charge in [-0.25, -0.2) is 0 Å². The minimum Gasteiger partial charge on any atom is -0.486 e. The molecule has 6 heteroatoms. The molecule has 2 rings (SSSR count). The van der Waals surface area contributed by atoms with E-state index in [1.54, 1.807) is 24.3 Å². The molecule has 0 bridgehead atoms. The van der Waals surface area contributed by atoms with Crippen molar-refractivity contribution in [3.05, 3.63) is 36.4 Å². The first-order valence-electron chi connectivity index (χ1n) is 7.06. The fourth-order valence-corrected chi connectivity index (χ4v) is 1.97. The van der Waals surface area contributed by atoms with Gasteiger partial charge in [-0.15, -0.1) is 6.58 Å². The monoisotopic (exact) mass is 305 g/mol. The van der Waals surface area contributed by atoms with Crippen molar-refractivity contribution in [2.75, 3.05) is 19.8 Å². The molecule has 0 saturated carbocycles. The Morgan fingerprint density at radius 3 is 2.82 bits per heavy atom. The molecule has 1 aromatic carbocycles. The second kappa shape index (κ2) is 7.49. The van der Waals surface area contributed by atoms with E-state index in [0.29, 0.717) is 31.3 Å². The maximum atomic E-state index is 11.9. The molecule has 1 aromatic rings. The quantitative estimate of drug-likeness (QED) is 0.632. The van der Waals surface area contributed by atoms with E-state index in [-0.39, 0.29) is 12.3 Å². The highest BCUT2D eigenvalue weighted by molar-refractivity contribution is 5.84. The molecular formula is C16H19NO5. The van der Waals surface area contributed by atoms with E-state index in [0.717, 1.165) is 5.56 Å². The molecule has 1 aliphatic heterocycles. The van der Waals surface area contributed by atoms with Crippen LogP contribution in [0.15, 0.2) is 30.9 Å². The van der Waals surface area contributed by atoms with Crippen molar-refractivity contribution in [2.45, 2.75) is 19.4 Å². The van der Waals surface area contributed by atoms with E-state index in [4.69, 9.17) is 14.2 Å². The van der Waals surface area contributed by atoms with E-state index in [2.05, 4.69) is 11.9 Å². The van der Waals surface area contributed by atoms with E-state index < -0.39 is 12.1 Å². The zero-order valence-electron chi connectivity index (χ0n) is 12.5. The maximum absolute atomic E-state index is 11.9. The van der Waals surface area contributed by atoms with Crippen molar-refractivity contribution in [3.63, 3.8) is 0 Å². The summed E-state index contributed by atoms with van der Waals surface area (Å²) in [5.41, 5.74) is 0.743. The molecule has 1 N–H and O–H groups in total. The lowest BCUT2D eigenvalue weighted by molar-refractivity contribution is -0.154. The number of hydrogen-bond donors (Lipinski definition) is 1. The summed E-state index contributed by atoms with van der Waals surface area (Å²) in [6.07, 6.45) is 0.779. The molecule has 0 fully saturated rings. The lowest BCUT2D eigenvalue weighted by Crippen LogP contribution is -2.36. The molecule has 0 radical (unpaired) electrons. The van der Waals surface area contributed by atoms with Crippen LogP contribution in [0.1, 0.15) is 12.5 Å². The highest BCUT2D eigenvalue weighted by Crippen LogP contribution is 2.30. The Kier molecular flexibility index (Phi) is 5.41. The number of rotatable bonds is 6. The van der Waals surface area contributed by atoms with Crippen LogP contribution < -0.4 is 14.8 Å². The van der Waals surface area contributed by atoms with Crippen LogP contribution in [0.25, 0.3) is 0 Å². The SMILES string of the molecule is C=CCNC(=O)[C@H](C)OC(=O)Cc1ccc2c(c1)OCCO2. The third kappa shape index (κ3) is 4.25. The lowest BCUT2D eigenvalue weighted by atomic mass is 10.1. The fourth-order valence-electron chi connectivity index (χ4n) is 1.97. The molecule has 1 aliphatic rings. The molecule has 1 amide bonds. The first-order chi connectivity index (χ1) is 10.6. The second-order valence-electron chi connectivity index (χ2n) is 4.82. The van der Waals surface area contributed by atoms with E-state index >= 15 is 0 Å². The van der Waals surface area contributed by atoms with Crippen LogP contribution in [0.3, 0.4) is 0 Å². The molecule has 22 heavy (non-hydrogen) atoms. The number of benzene rings is 1. The van der Waals surface area contributed by atoms with E-state index in [1.807, 2.05) is 0 Å². The molecule has 0 unspecified atom stereocenters. The molecule has 0 aliphatic carbocycles. The largest absolute Gasteiger partial charge is 0.486 e. The number of esters is 1. The van der Waals surface area contributed by atoms with Gasteiger partial charge in [0, 0.05) is 6.54 Å². The Hall–Kier alpha value is -2.50. The van der Waals surface area contributed by atoms with Crippen molar-refractivity contribution >= 4 is 11.9 Å². The van der Waals surface area contributed by atoms with Crippen LogP contribution in [0.5, 0.6) is 11.5 Å². The van der Waals surface area contributed by atoms with Crippen LogP contribution in [0, 0.1) is 0 Å². The van der Waals surface area contributed by atoms with Crippen molar-refractivity contribution in [3.8, 4) is 11.5 Å². The van der Waals surface area contributed by atoms with Gasteiger partial charge in [-0.1, -0.05) is 12.1 Å². The average Bonchev–Trinajstić information content (AvgIpc) is 2.52. The molecule has 0 spiro atoms. The minimum atomic E-state index is -0.843. The Morgan fingerprint density at radius 2 is 2.09 bits per heavy atom. The first kappa shape index (κ1) is 15.9. The average molecular weight is 305 g/mol. The predicted molar refractivity (Wildman–Crippen MR) is 79.9 cm³/mol. The number of amides is 1. The molecular weight excluding hydrogens is 286 g/mol.